The third kappa shape index (κ3) is 5.44. The van der Waals surface area contributed by atoms with E-state index in [2.05, 4.69) is 74.4 Å². The average molecular weight is 510 g/mol. The Labute approximate surface area is 224 Å². The van der Waals surface area contributed by atoms with Gasteiger partial charge in [0.25, 0.3) is 0 Å². The number of rotatable bonds is 9. The topological polar surface area (TPSA) is 70.8 Å². The number of aromatic nitrogens is 3. The molecule has 196 valence electrons. The van der Waals surface area contributed by atoms with Gasteiger partial charge in [0.2, 0.25) is 5.95 Å². The number of nitrogens with one attached hydrogen (secondary N) is 1. The summed E-state index contributed by atoms with van der Waals surface area (Å²) in [6.45, 7) is 7.54. The summed E-state index contributed by atoms with van der Waals surface area (Å²) in [6.07, 6.45) is 8.83. The molecule has 8 heteroatoms. The first-order valence-corrected chi connectivity index (χ1v) is 13.7. The van der Waals surface area contributed by atoms with E-state index in [1.807, 2.05) is 24.4 Å². The number of benzene rings is 2. The molecule has 2 saturated heterocycles. The van der Waals surface area contributed by atoms with Crippen LogP contribution in [0.4, 0.5) is 17.6 Å². The van der Waals surface area contributed by atoms with Gasteiger partial charge in [-0.1, -0.05) is 30.3 Å². The van der Waals surface area contributed by atoms with Crippen LogP contribution in [0.25, 0.3) is 10.9 Å². The SMILES string of the molecule is Cc1cccc(OCCn2cc(/C=N/Nc3cc(N4CCCC4)nc(N4CCCC4)n3)c3ccccc32)c1. The van der Waals surface area contributed by atoms with Crippen molar-refractivity contribution in [2.24, 2.45) is 5.10 Å². The van der Waals surface area contributed by atoms with Crippen LogP contribution in [-0.4, -0.2) is 53.5 Å². The normalized spacial score (nSPS) is 15.7. The zero-order chi connectivity index (χ0) is 25.7. The van der Waals surface area contributed by atoms with Gasteiger partial charge in [0, 0.05) is 54.9 Å². The van der Waals surface area contributed by atoms with Crippen molar-refractivity contribution < 1.29 is 4.74 Å². The highest BCUT2D eigenvalue weighted by Gasteiger charge is 2.20. The molecule has 2 aliphatic heterocycles. The number of hydrogen-bond acceptors (Lipinski definition) is 7. The Bertz CT molecular complexity index is 1380. The maximum atomic E-state index is 6.01. The predicted octanol–water partition coefficient (Wildman–Crippen LogP) is 5.47. The molecule has 0 amide bonds. The van der Waals surface area contributed by atoms with Crippen LogP contribution in [0, 0.1) is 6.92 Å². The summed E-state index contributed by atoms with van der Waals surface area (Å²) >= 11 is 0. The van der Waals surface area contributed by atoms with Crippen molar-refractivity contribution in [1.29, 1.82) is 0 Å². The zero-order valence-corrected chi connectivity index (χ0v) is 22.0. The summed E-state index contributed by atoms with van der Waals surface area (Å²) < 4.78 is 8.24. The maximum Gasteiger partial charge on any atom is 0.229 e. The van der Waals surface area contributed by atoms with E-state index < -0.39 is 0 Å². The molecule has 0 spiro atoms. The van der Waals surface area contributed by atoms with Crippen LogP contribution >= 0.6 is 0 Å². The lowest BCUT2D eigenvalue weighted by molar-refractivity contribution is 0.300. The second-order valence-corrected chi connectivity index (χ2v) is 10.1. The highest BCUT2D eigenvalue weighted by Crippen LogP contribution is 2.26. The van der Waals surface area contributed by atoms with Crippen molar-refractivity contribution in [1.82, 2.24) is 14.5 Å². The molecule has 4 heterocycles. The van der Waals surface area contributed by atoms with Gasteiger partial charge in [-0.05, 0) is 56.4 Å². The second kappa shape index (κ2) is 11.1. The van der Waals surface area contributed by atoms with Crippen LogP contribution in [0.2, 0.25) is 0 Å². The monoisotopic (exact) mass is 509 g/mol. The quantitative estimate of drug-likeness (QED) is 0.239. The average Bonchev–Trinajstić information content (AvgIpc) is 3.71. The van der Waals surface area contributed by atoms with Crippen LogP contribution in [0.1, 0.15) is 36.8 Å². The third-order valence-electron chi connectivity index (χ3n) is 7.31. The fourth-order valence-electron chi connectivity index (χ4n) is 5.34. The molecular weight excluding hydrogens is 474 g/mol. The molecule has 0 atom stereocenters. The van der Waals surface area contributed by atoms with Gasteiger partial charge in [-0.3, -0.25) is 5.43 Å². The molecule has 0 radical (unpaired) electrons. The first-order chi connectivity index (χ1) is 18.7. The van der Waals surface area contributed by atoms with E-state index in [4.69, 9.17) is 14.7 Å². The van der Waals surface area contributed by atoms with E-state index in [1.165, 1.54) is 31.2 Å². The summed E-state index contributed by atoms with van der Waals surface area (Å²) in [5.74, 6) is 3.42. The van der Waals surface area contributed by atoms with Crippen LogP contribution in [0.5, 0.6) is 5.75 Å². The third-order valence-corrected chi connectivity index (χ3v) is 7.31. The van der Waals surface area contributed by atoms with Gasteiger partial charge in [-0.2, -0.15) is 15.1 Å². The van der Waals surface area contributed by atoms with E-state index >= 15 is 0 Å². The highest BCUT2D eigenvalue weighted by atomic mass is 16.5. The van der Waals surface area contributed by atoms with Gasteiger partial charge in [-0.15, -0.1) is 0 Å². The number of para-hydroxylation sites is 1. The lowest BCUT2D eigenvalue weighted by Crippen LogP contribution is -2.24. The summed E-state index contributed by atoms with van der Waals surface area (Å²) in [5, 5.41) is 5.76. The molecule has 2 aromatic carbocycles. The summed E-state index contributed by atoms with van der Waals surface area (Å²) in [6, 6.07) is 18.6. The summed E-state index contributed by atoms with van der Waals surface area (Å²) in [5.41, 5.74) is 6.61. The Morgan fingerprint density at radius 2 is 1.71 bits per heavy atom. The molecule has 2 aliphatic rings. The van der Waals surface area contributed by atoms with Crippen molar-refractivity contribution >= 4 is 34.7 Å². The van der Waals surface area contributed by atoms with Gasteiger partial charge in [0.1, 0.15) is 18.2 Å². The van der Waals surface area contributed by atoms with E-state index in [9.17, 15) is 0 Å². The standard InChI is InChI=1S/C30H35N7O/c1-23-9-8-10-25(19-23)38-18-17-37-22-24(26-11-2-3-12-27(26)37)21-31-34-28-20-29(35-13-4-5-14-35)33-30(32-28)36-15-6-7-16-36/h2-3,8-12,19-22H,4-7,13-18H2,1H3,(H,32,33,34)/b31-21+. The number of hydrazone groups is 1. The zero-order valence-electron chi connectivity index (χ0n) is 22.0. The lowest BCUT2D eigenvalue weighted by atomic mass is 10.2. The van der Waals surface area contributed by atoms with E-state index in [1.54, 1.807) is 0 Å². The number of hydrogen-bond donors (Lipinski definition) is 1. The molecule has 8 nitrogen and oxygen atoms in total. The smallest absolute Gasteiger partial charge is 0.229 e. The van der Waals surface area contributed by atoms with E-state index in [-0.39, 0.29) is 0 Å². The van der Waals surface area contributed by atoms with Crippen molar-refractivity contribution in [3.63, 3.8) is 0 Å². The number of nitrogens with zero attached hydrogens (tertiary/aromatic N) is 6. The Morgan fingerprint density at radius 3 is 2.53 bits per heavy atom. The minimum Gasteiger partial charge on any atom is -0.492 e. The largest absolute Gasteiger partial charge is 0.492 e. The fraction of sp³-hybridized carbons (Fsp3) is 0.367. The van der Waals surface area contributed by atoms with Crippen LogP contribution in [0.15, 0.2) is 65.9 Å². The minimum absolute atomic E-state index is 0.594. The molecule has 6 rings (SSSR count). The Kier molecular flexibility index (Phi) is 7.11. The number of ether oxygens (including phenoxy) is 1. The molecule has 4 aromatic rings. The molecule has 0 saturated carbocycles. The second-order valence-electron chi connectivity index (χ2n) is 10.1. The molecule has 0 bridgehead atoms. The van der Waals surface area contributed by atoms with E-state index in [0.29, 0.717) is 6.61 Å². The van der Waals surface area contributed by atoms with Gasteiger partial charge < -0.3 is 19.1 Å². The van der Waals surface area contributed by atoms with Gasteiger partial charge in [0.05, 0.1) is 12.8 Å². The summed E-state index contributed by atoms with van der Waals surface area (Å²) in [7, 11) is 0. The number of anilines is 3. The summed E-state index contributed by atoms with van der Waals surface area (Å²) in [4.78, 5) is 14.3. The number of fused-ring (bicyclic) bond motifs is 1. The molecule has 0 unspecified atom stereocenters. The molecular formula is C30H35N7O. The van der Waals surface area contributed by atoms with E-state index in [0.717, 1.165) is 72.5 Å². The van der Waals surface area contributed by atoms with Gasteiger partial charge in [-0.25, -0.2) is 0 Å². The molecule has 0 aliphatic carbocycles. The lowest BCUT2D eigenvalue weighted by Gasteiger charge is -2.21. The Morgan fingerprint density at radius 1 is 0.921 bits per heavy atom. The van der Waals surface area contributed by atoms with Crippen LogP contribution in [0.3, 0.4) is 0 Å². The molecule has 2 fully saturated rings. The molecule has 1 N–H and O–H groups in total. The predicted molar refractivity (Wildman–Crippen MR) is 155 cm³/mol. The van der Waals surface area contributed by atoms with Crippen molar-refractivity contribution in [2.75, 3.05) is 48.0 Å². The van der Waals surface area contributed by atoms with Crippen molar-refractivity contribution in [3.8, 4) is 5.75 Å². The number of aryl methyl sites for hydroxylation is 1. The Balaban J connectivity index is 1.19. The van der Waals surface area contributed by atoms with Crippen LogP contribution in [-0.2, 0) is 6.54 Å². The fourth-order valence-corrected chi connectivity index (χ4v) is 5.34. The first kappa shape index (κ1) is 24.3. The molecule has 38 heavy (non-hydrogen) atoms. The van der Waals surface area contributed by atoms with Gasteiger partial charge in [0.15, 0.2) is 5.82 Å². The van der Waals surface area contributed by atoms with Gasteiger partial charge >= 0.3 is 0 Å². The maximum absolute atomic E-state index is 6.01. The first-order valence-electron chi connectivity index (χ1n) is 13.7. The minimum atomic E-state index is 0.594. The molecule has 2 aromatic heterocycles. The Hall–Kier alpha value is -4.07. The highest BCUT2D eigenvalue weighted by molar-refractivity contribution is 5.99. The van der Waals surface area contributed by atoms with Crippen molar-refractivity contribution in [3.05, 3.63) is 71.9 Å². The van der Waals surface area contributed by atoms with Crippen LogP contribution < -0.4 is 20.0 Å². The van der Waals surface area contributed by atoms with Crippen molar-refractivity contribution in [2.45, 2.75) is 39.2 Å².